The first-order valence-corrected chi connectivity index (χ1v) is 7.87. The van der Waals surface area contributed by atoms with Crippen molar-refractivity contribution in [2.75, 3.05) is 24.3 Å². The molecule has 1 N–H and O–H groups in total. The molecular formula is C19H19FN4O. The van der Waals surface area contributed by atoms with Crippen molar-refractivity contribution in [3.05, 3.63) is 77.9 Å². The Morgan fingerprint density at radius 2 is 2.00 bits per heavy atom. The van der Waals surface area contributed by atoms with Crippen LogP contribution >= 0.6 is 0 Å². The molecule has 25 heavy (non-hydrogen) atoms. The van der Waals surface area contributed by atoms with Crippen molar-refractivity contribution in [2.24, 2.45) is 0 Å². The lowest BCUT2D eigenvalue weighted by atomic mass is 10.2. The van der Waals surface area contributed by atoms with Crippen molar-refractivity contribution in [2.45, 2.75) is 6.54 Å². The third-order valence-electron chi connectivity index (χ3n) is 3.81. The number of anilines is 2. The van der Waals surface area contributed by atoms with Crippen molar-refractivity contribution in [3.63, 3.8) is 0 Å². The van der Waals surface area contributed by atoms with Gasteiger partial charge in [0.25, 0.3) is 5.91 Å². The average Bonchev–Trinajstić information content (AvgIpc) is 3.04. The summed E-state index contributed by atoms with van der Waals surface area (Å²) in [6.07, 6.45) is 3.23. The topological polar surface area (TPSA) is 50.2 Å². The minimum atomic E-state index is -0.274. The zero-order valence-corrected chi connectivity index (χ0v) is 14.1. The van der Waals surface area contributed by atoms with Gasteiger partial charge in [-0.05, 0) is 24.3 Å². The molecule has 0 aliphatic heterocycles. The van der Waals surface area contributed by atoms with E-state index in [1.807, 2.05) is 37.2 Å². The van der Waals surface area contributed by atoms with Gasteiger partial charge in [0, 0.05) is 37.1 Å². The van der Waals surface area contributed by atoms with Gasteiger partial charge in [0.1, 0.15) is 5.82 Å². The van der Waals surface area contributed by atoms with Crippen LogP contribution in [0.1, 0.15) is 15.9 Å². The number of carbonyl (C=O) groups excluding carboxylic acids is 1. The maximum absolute atomic E-state index is 13.7. The average molecular weight is 338 g/mol. The largest absolute Gasteiger partial charge is 0.378 e. The van der Waals surface area contributed by atoms with E-state index in [1.54, 1.807) is 41.3 Å². The van der Waals surface area contributed by atoms with Gasteiger partial charge < -0.3 is 10.2 Å². The number of aromatic nitrogens is 2. The van der Waals surface area contributed by atoms with Gasteiger partial charge in [0.15, 0.2) is 0 Å². The lowest BCUT2D eigenvalue weighted by molar-refractivity contribution is 0.102. The third-order valence-corrected chi connectivity index (χ3v) is 3.81. The normalized spacial score (nSPS) is 10.5. The predicted octanol–water partition coefficient (Wildman–Crippen LogP) is 3.39. The number of benzene rings is 2. The molecule has 5 nitrogen and oxygen atoms in total. The quantitative estimate of drug-likeness (QED) is 0.776. The van der Waals surface area contributed by atoms with E-state index in [9.17, 15) is 9.18 Å². The second-order valence-corrected chi connectivity index (χ2v) is 5.92. The van der Waals surface area contributed by atoms with Gasteiger partial charge >= 0.3 is 0 Å². The van der Waals surface area contributed by atoms with Gasteiger partial charge in [-0.2, -0.15) is 5.10 Å². The van der Waals surface area contributed by atoms with Gasteiger partial charge in [-0.1, -0.05) is 24.3 Å². The van der Waals surface area contributed by atoms with Gasteiger partial charge in [-0.25, -0.2) is 4.39 Å². The minimum Gasteiger partial charge on any atom is -0.378 e. The Morgan fingerprint density at radius 3 is 2.76 bits per heavy atom. The van der Waals surface area contributed by atoms with Crippen LogP contribution in [0.4, 0.5) is 15.8 Å². The van der Waals surface area contributed by atoms with Crippen LogP contribution in [0, 0.1) is 5.82 Å². The monoisotopic (exact) mass is 338 g/mol. The van der Waals surface area contributed by atoms with Gasteiger partial charge in [0.2, 0.25) is 0 Å². The third kappa shape index (κ3) is 4.03. The number of nitrogens with one attached hydrogen (secondary N) is 1. The van der Waals surface area contributed by atoms with E-state index in [-0.39, 0.29) is 11.7 Å². The van der Waals surface area contributed by atoms with Crippen LogP contribution in [0.25, 0.3) is 0 Å². The summed E-state index contributed by atoms with van der Waals surface area (Å²) < 4.78 is 15.3. The van der Waals surface area contributed by atoms with Gasteiger partial charge in [-0.15, -0.1) is 0 Å². The fraction of sp³-hybridized carbons (Fsp3) is 0.158. The van der Waals surface area contributed by atoms with Crippen molar-refractivity contribution >= 4 is 17.3 Å². The molecule has 1 amide bonds. The van der Waals surface area contributed by atoms with Crippen molar-refractivity contribution in [1.29, 1.82) is 0 Å². The lowest BCUT2D eigenvalue weighted by Crippen LogP contribution is -2.14. The molecular weight excluding hydrogens is 319 g/mol. The number of hydrogen-bond acceptors (Lipinski definition) is 3. The van der Waals surface area contributed by atoms with E-state index in [0.717, 1.165) is 5.69 Å². The maximum atomic E-state index is 13.7. The molecule has 3 aromatic rings. The van der Waals surface area contributed by atoms with Crippen LogP contribution in [0.2, 0.25) is 0 Å². The number of carbonyl (C=O) groups is 1. The molecule has 0 saturated heterocycles. The molecule has 128 valence electrons. The second-order valence-electron chi connectivity index (χ2n) is 5.92. The minimum absolute atomic E-state index is 0.214. The highest BCUT2D eigenvalue weighted by Gasteiger charge is 2.10. The Bertz CT molecular complexity index is 888. The van der Waals surface area contributed by atoms with Crippen molar-refractivity contribution in [1.82, 2.24) is 9.78 Å². The van der Waals surface area contributed by atoms with Gasteiger partial charge in [0.05, 0.1) is 18.4 Å². The smallest absolute Gasteiger partial charge is 0.255 e. The molecule has 0 fully saturated rings. The maximum Gasteiger partial charge on any atom is 0.255 e. The van der Waals surface area contributed by atoms with Crippen molar-refractivity contribution < 1.29 is 9.18 Å². The van der Waals surface area contributed by atoms with E-state index in [0.29, 0.717) is 23.4 Å². The summed E-state index contributed by atoms with van der Waals surface area (Å²) in [5, 5.41) is 6.98. The van der Waals surface area contributed by atoms with Crippen LogP contribution in [-0.2, 0) is 6.54 Å². The zero-order valence-electron chi connectivity index (χ0n) is 14.1. The molecule has 0 atom stereocenters. The van der Waals surface area contributed by atoms with E-state index in [1.165, 1.54) is 6.07 Å². The summed E-state index contributed by atoms with van der Waals surface area (Å²) in [6.45, 7) is 0.304. The highest BCUT2D eigenvalue weighted by molar-refractivity contribution is 6.04. The van der Waals surface area contributed by atoms with E-state index < -0.39 is 0 Å². The molecule has 2 aromatic carbocycles. The van der Waals surface area contributed by atoms with E-state index >= 15 is 0 Å². The van der Waals surface area contributed by atoms with E-state index in [2.05, 4.69) is 10.4 Å². The molecule has 3 rings (SSSR count). The van der Waals surface area contributed by atoms with Crippen LogP contribution < -0.4 is 10.2 Å². The molecule has 0 bridgehead atoms. The molecule has 1 heterocycles. The summed E-state index contributed by atoms with van der Waals surface area (Å²) >= 11 is 0. The molecule has 0 aliphatic rings. The summed E-state index contributed by atoms with van der Waals surface area (Å²) in [7, 11) is 3.84. The highest BCUT2D eigenvalue weighted by atomic mass is 19.1. The first-order chi connectivity index (χ1) is 12.0. The number of rotatable bonds is 5. The Hall–Kier alpha value is -3.15. The Morgan fingerprint density at radius 1 is 1.20 bits per heavy atom. The summed E-state index contributed by atoms with van der Waals surface area (Å²) in [5.41, 5.74) is 2.62. The zero-order chi connectivity index (χ0) is 17.8. The molecule has 1 aromatic heterocycles. The number of halogens is 1. The van der Waals surface area contributed by atoms with Crippen LogP contribution in [0.5, 0.6) is 0 Å². The standard InChI is InChI=1S/C19H19FN4O/c1-23(2)17-8-5-7-14(10-17)19(25)22-16-11-21-24(13-16)12-15-6-3-4-9-18(15)20/h3-11,13H,12H2,1-2H3,(H,22,25). The number of amides is 1. The van der Waals surface area contributed by atoms with Crippen LogP contribution in [0.3, 0.4) is 0 Å². The Kier molecular flexibility index (Phi) is 4.79. The lowest BCUT2D eigenvalue weighted by Gasteiger charge is -2.13. The Labute approximate surface area is 145 Å². The fourth-order valence-corrected chi connectivity index (χ4v) is 2.44. The van der Waals surface area contributed by atoms with E-state index in [4.69, 9.17) is 0 Å². The summed E-state index contributed by atoms with van der Waals surface area (Å²) in [5.74, 6) is -0.488. The summed E-state index contributed by atoms with van der Waals surface area (Å²) in [6, 6.07) is 13.9. The molecule has 6 heteroatoms. The number of nitrogens with zero attached hydrogens (tertiary/aromatic N) is 3. The molecule has 0 aliphatic carbocycles. The molecule has 0 saturated carbocycles. The van der Waals surface area contributed by atoms with Crippen LogP contribution in [-0.4, -0.2) is 29.8 Å². The van der Waals surface area contributed by atoms with Gasteiger partial charge in [-0.3, -0.25) is 9.48 Å². The Balaban J connectivity index is 1.70. The second kappa shape index (κ2) is 7.17. The first kappa shape index (κ1) is 16.7. The molecule has 0 spiro atoms. The van der Waals surface area contributed by atoms with Crippen molar-refractivity contribution in [3.8, 4) is 0 Å². The molecule has 0 radical (unpaired) electrons. The fourth-order valence-electron chi connectivity index (χ4n) is 2.44. The number of hydrogen-bond donors (Lipinski definition) is 1. The highest BCUT2D eigenvalue weighted by Crippen LogP contribution is 2.16. The first-order valence-electron chi connectivity index (χ1n) is 7.87. The predicted molar refractivity (Wildman–Crippen MR) is 96.5 cm³/mol. The SMILES string of the molecule is CN(C)c1cccc(C(=O)Nc2cnn(Cc3ccccc3F)c2)c1. The van der Waals surface area contributed by atoms with Crippen LogP contribution in [0.15, 0.2) is 60.9 Å². The molecule has 0 unspecified atom stereocenters. The summed E-state index contributed by atoms with van der Waals surface area (Å²) in [4.78, 5) is 14.3.